The molecule has 0 radical (unpaired) electrons. The summed E-state index contributed by atoms with van der Waals surface area (Å²) in [5, 5.41) is 8.75. The summed E-state index contributed by atoms with van der Waals surface area (Å²) in [5.74, 6) is -0.206. The van der Waals surface area contributed by atoms with Crippen LogP contribution >= 0.6 is 0 Å². The van der Waals surface area contributed by atoms with E-state index in [0.717, 1.165) is 17.5 Å². The summed E-state index contributed by atoms with van der Waals surface area (Å²) in [5.41, 5.74) is 3.19. The fourth-order valence-electron chi connectivity index (χ4n) is 2.18. The van der Waals surface area contributed by atoms with E-state index in [2.05, 4.69) is 30.1 Å². The molecule has 1 aromatic heterocycles. The van der Waals surface area contributed by atoms with Gasteiger partial charge in [-0.05, 0) is 30.7 Å². The first-order valence-corrected chi connectivity index (χ1v) is 6.69. The second kappa shape index (κ2) is 6.70. The predicted octanol–water partition coefficient (Wildman–Crippen LogP) is 3.12. The van der Waals surface area contributed by atoms with Gasteiger partial charge >= 0.3 is 5.97 Å². The van der Waals surface area contributed by atoms with E-state index in [1.807, 2.05) is 24.1 Å². The normalized spacial score (nSPS) is 10.8. The average Bonchev–Trinajstić information content (AvgIpc) is 2.45. The molecule has 0 atom stereocenters. The van der Waals surface area contributed by atoms with Crippen molar-refractivity contribution in [1.82, 2.24) is 4.98 Å². The van der Waals surface area contributed by atoms with Crippen LogP contribution in [0.5, 0.6) is 0 Å². The minimum Gasteiger partial charge on any atom is -0.478 e. The van der Waals surface area contributed by atoms with Crippen LogP contribution in [0.25, 0.3) is 6.08 Å². The van der Waals surface area contributed by atoms with E-state index in [4.69, 9.17) is 5.11 Å². The van der Waals surface area contributed by atoms with Crippen LogP contribution in [0.1, 0.15) is 16.7 Å². The fraction of sp³-hybridized carbons (Fsp3) is 0.176. The summed E-state index contributed by atoms with van der Waals surface area (Å²) in [6.45, 7) is 2.78. The Labute approximate surface area is 124 Å². The molecular formula is C17H18N2O2. The SMILES string of the molecule is Cc1cccc(CN(C)c2ncccc2/C=C/C(=O)O)c1. The largest absolute Gasteiger partial charge is 0.478 e. The Morgan fingerprint density at radius 3 is 2.86 bits per heavy atom. The van der Waals surface area contributed by atoms with Crippen LogP contribution in [0.3, 0.4) is 0 Å². The maximum atomic E-state index is 10.7. The van der Waals surface area contributed by atoms with Crippen molar-refractivity contribution in [2.45, 2.75) is 13.5 Å². The number of hydrogen-bond donors (Lipinski definition) is 1. The standard InChI is InChI=1S/C17H18N2O2/c1-13-5-3-6-14(11-13)12-19(2)17-15(7-4-10-18-17)8-9-16(20)21/h3-11H,12H2,1-2H3,(H,20,21)/b9-8+. The number of nitrogens with zero attached hydrogens (tertiary/aromatic N) is 2. The van der Waals surface area contributed by atoms with E-state index in [9.17, 15) is 4.79 Å². The Morgan fingerprint density at radius 2 is 2.14 bits per heavy atom. The second-order valence-electron chi connectivity index (χ2n) is 4.93. The topological polar surface area (TPSA) is 53.4 Å². The van der Waals surface area contributed by atoms with Crippen molar-refractivity contribution in [3.63, 3.8) is 0 Å². The lowest BCUT2D eigenvalue weighted by molar-refractivity contribution is -0.131. The molecule has 0 saturated carbocycles. The number of anilines is 1. The number of pyridine rings is 1. The lowest BCUT2D eigenvalue weighted by Gasteiger charge is -2.20. The average molecular weight is 282 g/mol. The van der Waals surface area contributed by atoms with Crippen molar-refractivity contribution in [1.29, 1.82) is 0 Å². The molecule has 2 rings (SSSR count). The Kier molecular flexibility index (Phi) is 4.72. The molecule has 21 heavy (non-hydrogen) atoms. The third kappa shape index (κ3) is 4.18. The van der Waals surface area contributed by atoms with Crippen molar-refractivity contribution < 1.29 is 9.90 Å². The second-order valence-corrected chi connectivity index (χ2v) is 4.93. The van der Waals surface area contributed by atoms with Crippen LogP contribution in [-0.4, -0.2) is 23.1 Å². The Bertz CT molecular complexity index is 665. The first-order chi connectivity index (χ1) is 10.1. The predicted molar refractivity (Wildman–Crippen MR) is 84.2 cm³/mol. The number of aromatic nitrogens is 1. The van der Waals surface area contributed by atoms with Crippen molar-refractivity contribution in [3.05, 3.63) is 65.4 Å². The molecule has 1 N–H and O–H groups in total. The number of aryl methyl sites for hydroxylation is 1. The molecule has 0 aliphatic heterocycles. The first kappa shape index (κ1) is 14.8. The van der Waals surface area contributed by atoms with Crippen LogP contribution in [0.2, 0.25) is 0 Å². The zero-order valence-electron chi connectivity index (χ0n) is 12.2. The van der Waals surface area contributed by atoms with Gasteiger partial charge in [0.05, 0.1) is 0 Å². The summed E-state index contributed by atoms with van der Waals surface area (Å²) >= 11 is 0. The van der Waals surface area contributed by atoms with Crippen molar-refractivity contribution in [2.75, 3.05) is 11.9 Å². The quantitative estimate of drug-likeness (QED) is 0.856. The highest BCUT2D eigenvalue weighted by atomic mass is 16.4. The molecule has 0 saturated heterocycles. The molecule has 0 aliphatic rings. The number of aliphatic carboxylic acids is 1. The number of benzene rings is 1. The van der Waals surface area contributed by atoms with Crippen LogP contribution in [0.15, 0.2) is 48.7 Å². The van der Waals surface area contributed by atoms with Crippen molar-refractivity contribution in [3.8, 4) is 0 Å². The minimum absolute atomic E-state index is 0.715. The molecule has 0 bridgehead atoms. The smallest absolute Gasteiger partial charge is 0.328 e. The summed E-state index contributed by atoms with van der Waals surface area (Å²) in [4.78, 5) is 17.0. The van der Waals surface area contributed by atoms with Gasteiger partial charge < -0.3 is 10.0 Å². The van der Waals surface area contributed by atoms with Crippen LogP contribution in [0, 0.1) is 6.92 Å². The molecule has 0 unspecified atom stereocenters. The molecule has 0 amide bonds. The molecule has 2 aromatic rings. The fourth-order valence-corrected chi connectivity index (χ4v) is 2.18. The third-order valence-corrected chi connectivity index (χ3v) is 3.09. The van der Waals surface area contributed by atoms with Crippen LogP contribution in [-0.2, 0) is 11.3 Å². The molecule has 0 spiro atoms. The number of carboxylic acids is 1. The monoisotopic (exact) mass is 282 g/mol. The van der Waals surface area contributed by atoms with Crippen LogP contribution < -0.4 is 4.90 Å². The summed E-state index contributed by atoms with van der Waals surface area (Å²) < 4.78 is 0. The number of rotatable bonds is 5. The Balaban J connectivity index is 2.23. The Morgan fingerprint density at radius 1 is 1.33 bits per heavy atom. The van der Waals surface area contributed by atoms with Gasteiger partial charge in [0.15, 0.2) is 0 Å². The van der Waals surface area contributed by atoms with E-state index in [-0.39, 0.29) is 0 Å². The van der Waals surface area contributed by atoms with E-state index < -0.39 is 5.97 Å². The van der Waals surface area contributed by atoms with Gasteiger partial charge in [-0.2, -0.15) is 0 Å². The van der Waals surface area contributed by atoms with Gasteiger partial charge in [0, 0.05) is 31.4 Å². The first-order valence-electron chi connectivity index (χ1n) is 6.69. The Hall–Kier alpha value is -2.62. The zero-order valence-corrected chi connectivity index (χ0v) is 12.2. The molecule has 1 aromatic carbocycles. The zero-order chi connectivity index (χ0) is 15.2. The van der Waals surface area contributed by atoms with Gasteiger partial charge in [0.25, 0.3) is 0 Å². The lowest BCUT2D eigenvalue weighted by Crippen LogP contribution is -2.18. The molecule has 1 heterocycles. The lowest BCUT2D eigenvalue weighted by atomic mass is 10.1. The van der Waals surface area contributed by atoms with Crippen molar-refractivity contribution in [2.24, 2.45) is 0 Å². The summed E-state index contributed by atoms with van der Waals surface area (Å²) in [6, 6.07) is 11.9. The summed E-state index contributed by atoms with van der Waals surface area (Å²) in [6.07, 6.45) is 4.40. The maximum absolute atomic E-state index is 10.7. The van der Waals surface area contributed by atoms with Crippen molar-refractivity contribution >= 4 is 17.9 Å². The molecule has 108 valence electrons. The van der Waals surface area contributed by atoms with E-state index in [1.165, 1.54) is 11.1 Å². The molecule has 0 fully saturated rings. The number of carbonyl (C=O) groups is 1. The molecule has 4 heteroatoms. The highest BCUT2D eigenvalue weighted by Crippen LogP contribution is 2.19. The molecule has 4 nitrogen and oxygen atoms in total. The minimum atomic E-state index is -0.967. The van der Waals surface area contributed by atoms with Gasteiger partial charge in [-0.15, -0.1) is 0 Å². The maximum Gasteiger partial charge on any atom is 0.328 e. The van der Waals surface area contributed by atoms with Gasteiger partial charge in [0.2, 0.25) is 0 Å². The van der Waals surface area contributed by atoms with E-state index in [1.54, 1.807) is 18.3 Å². The highest BCUT2D eigenvalue weighted by Gasteiger charge is 2.08. The molecular weight excluding hydrogens is 264 g/mol. The highest BCUT2D eigenvalue weighted by molar-refractivity contribution is 5.86. The van der Waals surface area contributed by atoms with Gasteiger partial charge in [-0.3, -0.25) is 0 Å². The van der Waals surface area contributed by atoms with Gasteiger partial charge in [-0.1, -0.05) is 29.8 Å². The van der Waals surface area contributed by atoms with Crippen LogP contribution in [0.4, 0.5) is 5.82 Å². The summed E-state index contributed by atoms with van der Waals surface area (Å²) in [7, 11) is 1.95. The van der Waals surface area contributed by atoms with Gasteiger partial charge in [-0.25, -0.2) is 9.78 Å². The molecule has 0 aliphatic carbocycles. The van der Waals surface area contributed by atoms with E-state index in [0.29, 0.717) is 6.54 Å². The van der Waals surface area contributed by atoms with Gasteiger partial charge in [0.1, 0.15) is 5.82 Å². The van der Waals surface area contributed by atoms with E-state index >= 15 is 0 Å². The number of carboxylic acid groups (broad SMARTS) is 1. The number of hydrogen-bond acceptors (Lipinski definition) is 3. The third-order valence-electron chi connectivity index (χ3n) is 3.09.